The Balaban J connectivity index is 3.27. The van der Waals surface area contributed by atoms with E-state index in [2.05, 4.69) is 24.5 Å². The highest BCUT2D eigenvalue weighted by Crippen LogP contribution is 2.04. The van der Waals surface area contributed by atoms with Gasteiger partial charge in [-0.25, -0.2) is 4.79 Å². The summed E-state index contributed by atoms with van der Waals surface area (Å²) in [7, 11) is 0. The first kappa shape index (κ1) is 14.2. The molecule has 1 amide bonds. The summed E-state index contributed by atoms with van der Waals surface area (Å²) in [6, 6.07) is 0. The van der Waals surface area contributed by atoms with Gasteiger partial charge in [-0.3, -0.25) is 0 Å². The summed E-state index contributed by atoms with van der Waals surface area (Å²) in [5.74, 6) is 0.743. The third-order valence-electron chi connectivity index (χ3n) is 2.43. The summed E-state index contributed by atoms with van der Waals surface area (Å²) in [5, 5.41) is 5.98. The van der Waals surface area contributed by atoms with Gasteiger partial charge >= 0.3 is 6.09 Å². The minimum atomic E-state index is -0.332. The van der Waals surface area contributed by atoms with Gasteiger partial charge in [0.25, 0.3) is 0 Å². The second-order valence-electron chi connectivity index (χ2n) is 3.53. The Morgan fingerprint density at radius 3 is 2.40 bits per heavy atom. The summed E-state index contributed by atoms with van der Waals surface area (Å²) in [6.07, 6.45) is 2.07. The van der Waals surface area contributed by atoms with Gasteiger partial charge < -0.3 is 15.4 Å². The SMILES string of the molecule is CCOC(=O)NCCNCC(CC)CC. The van der Waals surface area contributed by atoms with Crippen LogP contribution in [0, 0.1) is 5.92 Å². The maximum absolute atomic E-state index is 10.9. The van der Waals surface area contributed by atoms with E-state index in [1.807, 2.05) is 0 Å². The average molecular weight is 216 g/mol. The van der Waals surface area contributed by atoms with Crippen LogP contribution in [0.25, 0.3) is 0 Å². The number of carbonyl (C=O) groups is 1. The molecule has 4 heteroatoms. The molecule has 0 rings (SSSR count). The van der Waals surface area contributed by atoms with Crippen molar-refractivity contribution >= 4 is 6.09 Å². The number of nitrogens with one attached hydrogen (secondary N) is 2. The van der Waals surface area contributed by atoms with Crippen molar-refractivity contribution in [1.82, 2.24) is 10.6 Å². The van der Waals surface area contributed by atoms with Gasteiger partial charge in [-0.2, -0.15) is 0 Å². The summed E-state index contributed by atoms with van der Waals surface area (Å²) in [4.78, 5) is 10.9. The first-order valence-corrected chi connectivity index (χ1v) is 5.85. The van der Waals surface area contributed by atoms with Crippen LogP contribution in [0.1, 0.15) is 33.6 Å². The first-order chi connectivity index (χ1) is 7.24. The van der Waals surface area contributed by atoms with Gasteiger partial charge in [0.15, 0.2) is 0 Å². The van der Waals surface area contributed by atoms with Crippen LogP contribution in [0.4, 0.5) is 4.79 Å². The van der Waals surface area contributed by atoms with E-state index in [0.717, 1.165) is 19.0 Å². The van der Waals surface area contributed by atoms with Crippen molar-refractivity contribution in [3.63, 3.8) is 0 Å². The highest BCUT2D eigenvalue weighted by atomic mass is 16.5. The molecule has 0 heterocycles. The second-order valence-corrected chi connectivity index (χ2v) is 3.53. The van der Waals surface area contributed by atoms with E-state index in [9.17, 15) is 4.79 Å². The zero-order valence-electron chi connectivity index (χ0n) is 10.1. The monoisotopic (exact) mass is 216 g/mol. The minimum Gasteiger partial charge on any atom is -0.450 e. The van der Waals surface area contributed by atoms with E-state index in [0.29, 0.717) is 13.2 Å². The first-order valence-electron chi connectivity index (χ1n) is 5.85. The predicted octanol–water partition coefficient (Wildman–Crippen LogP) is 1.76. The van der Waals surface area contributed by atoms with Crippen molar-refractivity contribution in [1.29, 1.82) is 0 Å². The molecule has 0 saturated carbocycles. The molecular weight excluding hydrogens is 192 g/mol. The molecule has 2 N–H and O–H groups in total. The van der Waals surface area contributed by atoms with Crippen LogP contribution in [0.5, 0.6) is 0 Å². The highest BCUT2D eigenvalue weighted by Gasteiger charge is 2.02. The van der Waals surface area contributed by atoms with E-state index < -0.39 is 0 Å². The maximum atomic E-state index is 10.9. The van der Waals surface area contributed by atoms with E-state index >= 15 is 0 Å². The molecular formula is C11H24N2O2. The fourth-order valence-electron chi connectivity index (χ4n) is 1.32. The molecule has 0 aliphatic carbocycles. The lowest BCUT2D eigenvalue weighted by Crippen LogP contribution is -2.34. The van der Waals surface area contributed by atoms with Crippen molar-refractivity contribution in [2.75, 3.05) is 26.2 Å². The molecule has 90 valence electrons. The summed E-state index contributed by atoms with van der Waals surface area (Å²) in [5.41, 5.74) is 0. The van der Waals surface area contributed by atoms with Crippen molar-refractivity contribution in [3.05, 3.63) is 0 Å². The largest absolute Gasteiger partial charge is 0.450 e. The van der Waals surface area contributed by atoms with Crippen LogP contribution in [-0.2, 0) is 4.74 Å². The molecule has 0 aromatic heterocycles. The van der Waals surface area contributed by atoms with Crippen molar-refractivity contribution in [2.45, 2.75) is 33.6 Å². The molecule has 0 aliphatic rings. The smallest absolute Gasteiger partial charge is 0.407 e. The third kappa shape index (κ3) is 8.24. The van der Waals surface area contributed by atoms with Crippen LogP contribution in [0.3, 0.4) is 0 Å². The van der Waals surface area contributed by atoms with Gasteiger partial charge in [0.05, 0.1) is 6.61 Å². The Morgan fingerprint density at radius 2 is 1.87 bits per heavy atom. The maximum Gasteiger partial charge on any atom is 0.407 e. The highest BCUT2D eigenvalue weighted by molar-refractivity contribution is 5.66. The summed E-state index contributed by atoms with van der Waals surface area (Å²) in [6.45, 7) is 9.07. The van der Waals surface area contributed by atoms with Crippen molar-refractivity contribution in [3.8, 4) is 0 Å². The van der Waals surface area contributed by atoms with Gasteiger partial charge in [-0.1, -0.05) is 26.7 Å². The zero-order chi connectivity index (χ0) is 11.5. The van der Waals surface area contributed by atoms with Gasteiger partial charge in [0, 0.05) is 13.1 Å². The lowest BCUT2D eigenvalue weighted by Gasteiger charge is -2.13. The summed E-state index contributed by atoms with van der Waals surface area (Å²) >= 11 is 0. The molecule has 4 nitrogen and oxygen atoms in total. The number of ether oxygens (including phenoxy) is 1. The Labute approximate surface area is 92.8 Å². The molecule has 0 aromatic carbocycles. The lowest BCUT2D eigenvalue weighted by molar-refractivity contribution is 0.152. The fourth-order valence-corrected chi connectivity index (χ4v) is 1.32. The standard InChI is InChI=1S/C11H24N2O2/c1-4-10(5-2)9-12-7-8-13-11(14)15-6-3/h10,12H,4-9H2,1-3H3,(H,13,14). The van der Waals surface area contributed by atoms with Crippen LogP contribution in [0.15, 0.2) is 0 Å². The molecule has 0 bridgehead atoms. The Hall–Kier alpha value is -0.770. The lowest BCUT2D eigenvalue weighted by atomic mass is 10.0. The van der Waals surface area contributed by atoms with E-state index in [-0.39, 0.29) is 6.09 Å². The molecule has 0 fully saturated rings. The molecule has 0 aromatic rings. The molecule has 0 saturated heterocycles. The Kier molecular flexibility index (Phi) is 9.27. The van der Waals surface area contributed by atoms with Gasteiger partial charge in [0.2, 0.25) is 0 Å². The van der Waals surface area contributed by atoms with Crippen LogP contribution < -0.4 is 10.6 Å². The van der Waals surface area contributed by atoms with Crippen LogP contribution in [0.2, 0.25) is 0 Å². The Bertz CT molecular complexity index is 159. The zero-order valence-corrected chi connectivity index (χ0v) is 10.1. The van der Waals surface area contributed by atoms with Gasteiger partial charge in [-0.05, 0) is 19.4 Å². The predicted molar refractivity (Wildman–Crippen MR) is 62.0 cm³/mol. The molecule has 15 heavy (non-hydrogen) atoms. The normalized spacial score (nSPS) is 10.4. The average Bonchev–Trinajstić information content (AvgIpc) is 2.24. The van der Waals surface area contributed by atoms with Gasteiger partial charge in [-0.15, -0.1) is 0 Å². The van der Waals surface area contributed by atoms with E-state index in [1.165, 1.54) is 12.8 Å². The molecule has 0 spiro atoms. The Morgan fingerprint density at radius 1 is 1.20 bits per heavy atom. The van der Waals surface area contributed by atoms with Gasteiger partial charge in [0.1, 0.15) is 0 Å². The third-order valence-corrected chi connectivity index (χ3v) is 2.43. The minimum absolute atomic E-state index is 0.332. The molecule has 0 unspecified atom stereocenters. The molecule has 0 radical (unpaired) electrons. The van der Waals surface area contributed by atoms with Crippen molar-refractivity contribution in [2.24, 2.45) is 5.92 Å². The van der Waals surface area contributed by atoms with Crippen molar-refractivity contribution < 1.29 is 9.53 Å². The topological polar surface area (TPSA) is 50.4 Å². The quantitative estimate of drug-likeness (QED) is 0.608. The summed E-state index contributed by atoms with van der Waals surface area (Å²) < 4.78 is 4.73. The second kappa shape index (κ2) is 9.77. The molecule has 0 atom stereocenters. The number of rotatable bonds is 8. The van der Waals surface area contributed by atoms with Crippen LogP contribution >= 0.6 is 0 Å². The number of hydrogen-bond acceptors (Lipinski definition) is 3. The number of hydrogen-bond donors (Lipinski definition) is 2. The van der Waals surface area contributed by atoms with E-state index in [4.69, 9.17) is 4.74 Å². The number of alkyl carbamates (subject to hydrolysis) is 1. The van der Waals surface area contributed by atoms with E-state index in [1.54, 1.807) is 6.92 Å². The number of carbonyl (C=O) groups excluding carboxylic acids is 1. The molecule has 0 aliphatic heterocycles. The van der Waals surface area contributed by atoms with Crippen LogP contribution in [-0.4, -0.2) is 32.3 Å². The number of amides is 1. The fraction of sp³-hybridized carbons (Fsp3) is 0.909.